The smallest absolute Gasteiger partial charge is 0.0623 e. The van der Waals surface area contributed by atoms with Crippen LogP contribution in [0.4, 0.5) is 0 Å². The molecule has 1 N–H and O–H groups in total. The topological polar surface area (TPSA) is 28.7 Å². The summed E-state index contributed by atoms with van der Waals surface area (Å²) in [5.74, 6) is 0. The highest BCUT2D eigenvalue weighted by Crippen LogP contribution is 2.05. The molecule has 0 aliphatic rings. The van der Waals surface area contributed by atoms with Gasteiger partial charge in [0.2, 0.25) is 0 Å². The normalized spacial score (nSPS) is 8.00. The molecule has 1 heterocycles. The fourth-order valence-electron chi connectivity index (χ4n) is 0.344. The van der Waals surface area contributed by atoms with Crippen LogP contribution in [0.1, 0.15) is 19.5 Å². The van der Waals surface area contributed by atoms with Crippen molar-refractivity contribution in [2.45, 2.75) is 25.7 Å². The van der Waals surface area contributed by atoms with Crippen molar-refractivity contribution < 1.29 is 0 Å². The SMILES string of the molecule is CC.Cc1[nH]ncc1S. The van der Waals surface area contributed by atoms with Crippen molar-refractivity contribution in [1.82, 2.24) is 10.2 Å². The largest absolute Gasteiger partial charge is 0.282 e. The molecular weight excluding hydrogens is 132 g/mol. The Morgan fingerprint density at radius 2 is 2.11 bits per heavy atom. The Kier molecular flexibility index (Phi) is 4.22. The maximum Gasteiger partial charge on any atom is 0.0623 e. The van der Waals surface area contributed by atoms with E-state index < -0.39 is 0 Å². The molecule has 0 radical (unpaired) electrons. The van der Waals surface area contributed by atoms with Crippen molar-refractivity contribution in [3.63, 3.8) is 0 Å². The number of aryl methyl sites for hydroxylation is 1. The summed E-state index contributed by atoms with van der Waals surface area (Å²) >= 11 is 4.06. The lowest BCUT2D eigenvalue weighted by Gasteiger charge is -1.77. The Bertz CT molecular complexity index is 143. The number of aromatic amines is 1. The van der Waals surface area contributed by atoms with Gasteiger partial charge in [0.05, 0.1) is 6.20 Å². The third-order valence-electron chi connectivity index (χ3n) is 0.803. The molecule has 1 aromatic heterocycles. The maximum absolute atomic E-state index is 4.06. The van der Waals surface area contributed by atoms with Crippen molar-refractivity contribution in [2.75, 3.05) is 0 Å². The molecular formula is C6H12N2S. The van der Waals surface area contributed by atoms with E-state index in [0.29, 0.717) is 0 Å². The predicted octanol–water partition coefficient (Wildman–Crippen LogP) is 2.03. The molecule has 3 heteroatoms. The van der Waals surface area contributed by atoms with E-state index in [1.807, 2.05) is 20.8 Å². The average molecular weight is 144 g/mol. The van der Waals surface area contributed by atoms with Gasteiger partial charge in [-0.05, 0) is 6.92 Å². The van der Waals surface area contributed by atoms with Crippen LogP contribution in [0.3, 0.4) is 0 Å². The minimum atomic E-state index is 0.917. The minimum Gasteiger partial charge on any atom is -0.282 e. The summed E-state index contributed by atoms with van der Waals surface area (Å²) < 4.78 is 0. The van der Waals surface area contributed by atoms with Gasteiger partial charge in [-0.25, -0.2) is 0 Å². The molecule has 0 amide bonds. The highest BCUT2D eigenvalue weighted by atomic mass is 32.1. The Labute approximate surface area is 61.1 Å². The highest BCUT2D eigenvalue weighted by Gasteiger charge is 1.88. The van der Waals surface area contributed by atoms with Crippen LogP contribution >= 0.6 is 12.6 Å². The Balaban J connectivity index is 0.000000291. The van der Waals surface area contributed by atoms with E-state index in [1.54, 1.807) is 6.20 Å². The molecule has 0 spiro atoms. The van der Waals surface area contributed by atoms with Gasteiger partial charge in [-0.15, -0.1) is 12.6 Å². The van der Waals surface area contributed by atoms with Crippen molar-refractivity contribution in [1.29, 1.82) is 0 Å². The van der Waals surface area contributed by atoms with Gasteiger partial charge in [0.25, 0.3) is 0 Å². The molecule has 0 unspecified atom stereocenters. The standard InChI is InChI=1S/C4H6N2S.C2H6/c1-3-4(7)2-5-6-3;1-2/h2,7H,1H3,(H,5,6);1-2H3. The lowest BCUT2D eigenvalue weighted by atomic mass is 10.5. The lowest BCUT2D eigenvalue weighted by molar-refractivity contribution is 1.04. The van der Waals surface area contributed by atoms with Crippen LogP contribution in [-0.2, 0) is 0 Å². The predicted molar refractivity (Wildman–Crippen MR) is 41.9 cm³/mol. The minimum absolute atomic E-state index is 0.917. The molecule has 52 valence electrons. The maximum atomic E-state index is 4.06. The van der Waals surface area contributed by atoms with Crippen LogP contribution in [0.15, 0.2) is 11.1 Å². The summed E-state index contributed by atoms with van der Waals surface area (Å²) in [4.78, 5) is 0.917. The number of hydrogen-bond donors (Lipinski definition) is 2. The average Bonchev–Trinajstić information content (AvgIpc) is 2.23. The molecule has 0 bridgehead atoms. The third-order valence-corrected chi connectivity index (χ3v) is 1.25. The number of hydrogen-bond acceptors (Lipinski definition) is 2. The third kappa shape index (κ3) is 2.56. The van der Waals surface area contributed by atoms with Gasteiger partial charge in [-0.1, -0.05) is 13.8 Å². The molecule has 0 aromatic carbocycles. The summed E-state index contributed by atoms with van der Waals surface area (Å²) in [6, 6.07) is 0. The lowest BCUT2D eigenvalue weighted by Crippen LogP contribution is -1.67. The van der Waals surface area contributed by atoms with E-state index in [-0.39, 0.29) is 0 Å². The van der Waals surface area contributed by atoms with Gasteiger partial charge in [-0.3, -0.25) is 5.10 Å². The Morgan fingerprint density at radius 3 is 2.22 bits per heavy atom. The Hall–Kier alpha value is -0.440. The van der Waals surface area contributed by atoms with Gasteiger partial charge in [0.1, 0.15) is 0 Å². The molecule has 1 aromatic rings. The van der Waals surface area contributed by atoms with Crippen LogP contribution in [0.5, 0.6) is 0 Å². The summed E-state index contributed by atoms with van der Waals surface area (Å²) in [7, 11) is 0. The summed E-state index contributed by atoms with van der Waals surface area (Å²) in [5, 5.41) is 6.46. The summed E-state index contributed by atoms with van der Waals surface area (Å²) in [6.07, 6.45) is 1.68. The molecule has 1 rings (SSSR count). The number of nitrogens with one attached hydrogen (secondary N) is 1. The van der Waals surface area contributed by atoms with Gasteiger partial charge >= 0.3 is 0 Å². The molecule has 0 saturated carbocycles. The van der Waals surface area contributed by atoms with Crippen molar-refractivity contribution in [3.8, 4) is 0 Å². The van der Waals surface area contributed by atoms with E-state index in [0.717, 1.165) is 10.6 Å². The molecule has 0 fully saturated rings. The molecule has 0 aliphatic carbocycles. The Morgan fingerprint density at radius 1 is 1.56 bits per heavy atom. The molecule has 0 aliphatic heterocycles. The molecule has 0 saturated heterocycles. The number of aromatic nitrogens is 2. The van der Waals surface area contributed by atoms with E-state index in [1.165, 1.54) is 0 Å². The van der Waals surface area contributed by atoms with Gasteiger partial charge < -0.3 is 0 Å². The number of rotatable bonds is 0. The van der Waals surface area contributed by atoms with Crippen LogP contribution in [0.2, 0.25) is 0 Å². The first-order valence-electron chi connectivity index (χ1n) is 2.99. The van der Waals surface area contributed by atoms with E-state index in [2.05, 4.69) is 22.8 Å². The highest BCUT2D eigenvalue weighted by molar-refractivity contribution is 7.80. The number of nitrogens with zero attached hydrogens (tertiary/aromatic N) is 1. The van der Waals surface area contributed by atoms with Gasteiger partial charge in [-0.2, -0.15) is 5.10 Å². The molecule has 9 heavy (non-hydrogen) atoms. The number of thiol groups is 1. The van der Waals surface area contributed by atoms with Gasteiger partial charge in [0.15, 0.2) is 0 Å². The second-order valence-electron chi connectivity index (χ2n) is 1.38. The number of H-pyrrole nitrogens is 1. The second kappa shape index (κ2) is 4.44. The van der Waals surface area contributed by atoms with Crippen LogP contribution in [-0.4, -0.2) is 10.2 Å². The molecule has 2 nitrogen and oxygen atoms in total. The first-order chi connectivity index (χ1) is 4.30. The van der Waals surface area contributed by atoms with E-state index in [9.17, 15) is 0 Å². The van der Waals surface area contributed by atoms with Gasteiger partial charge in [0, 0.05) is 10.6 Å². The van der Waals surface area contributed by atoms with Crippen molar-refractivity contribution in [3.05, 3.63) is 11.9 Å². The first kappa shape index (κ1) is 8.56. The van der Waals surface area contributed by atoms with Crippen LogP contribution in [0.25, 0.3) is 0 Å². The van der Waals surface area contributed by atoms with Crippen LogP contribution < -0.4 is 0 Å². The zero-order chi connectivity index (χ0) is 7.28. The second-order valence-corrected chi connectivity index (χ2v) is 1.86. The zero-order valence-corrected chi connectivity index (χ0v) is 6.87. The van der Waals surface area contributed by atoms with E-state index in [4.69, 9.17) is 0 Å². The fourth-order valence-corrected chi connectivity index (χ4v) is 0.452. The molecule has 0 atom stereocenters. The fraction of sp³-hybridized carbons (Fsp3) is 0.500. The monoisotopic (exact) mass is 144 g/mol. The van der Waals surface area contributed by atoms with Crippen molar-refractivity contribution in [2.24, 2.45) is 0 Å². The van der Waals surface area contributed by atoms with Crippen molar-refractivity contribution >= 4 is 12.6 Å². The van der Waals surface area contributed by atoms with E-state index >= 15 is 0 Å². The summed E-state index contributed by atoms with van der Waals surface area (Å²) in [6.45, 7) is 5.93. The van der Waals surface area contributed by atoms with Crippen LogP contribution in [0, 0.1) is 6.92 Å². The zero-order valence-electron chi connectivity index (χ0n) is 5.97. The summed E-state index contributed by atoms with van der Waals surface area (Å²) in [5.41, 5.74) is 1.02. The quantitative estimate of drug-likeness (QED) is 0.536. The first-order valence-corrected chi connectivity index (χ1v) is 3.44.